The van der Waals surface area contributed by atoms with Crippen LogP contribution in [-0.4, -0.2) is 30.1 Å². The Hall–Kier alpha value is -2.15. The van der Waals surface area contributed by atoms with Gasteiger partial charge in [-0.25, -0.2) is 9.59 Å². The average Bonchev–Trinajstić information content (AvgIpc) is 2.46. The van der Waals surface area contributed by atoms with Gasteiger partial charge in [-0.3, -0.25) is 0 Å². The van der Waals surface area contributed by atoms with E-state index in [1.807, 2.05) is 6.92 Å². The van der Waals surface area contributed by atoms with Gasteiger partial charge in [-0.2, -0.15) is 0 Å². The van der Waals surface area contributed by atoms with Crippen molar-refractivity contribution in [3.8, 4) is 0 Å². The smallest absolute Gasteiger partial charge is 0.330 e. The average molecular weight is 343 g/mol. The number of quaternary nitrogens is 1. The van der Waals surface area contributed by atoms with Gasteiger partial charge in [0.2, 0.25) is 0 Å². The normalized spacial score (nSPS) is 15.0. The maximum Gasteiger partial charge on any atom is 0.330 e. The number of aliphatic carboxylic acids is 1. The fourth-order valence-corrected chi connectivity index (χ4v) is 2.71. The second kappa shape index (κ2) is 11.4. The maximum absolute atomic E-state index is 11.8. The topological polar surface area (TPSA) is 129 Å². The van der Waals surface area contributed by atoms with Crippen LogP contribution in [0.4, 0.5) is 0 Å². The van der Waals surface area contributed by atoms with Gasteiger partial charge in [-0.15, -0.1) is 0 Å². The molecule has 0 amide bonds. The van der Waals surface area contributed by atoms with Gasteiger partial charge in [0.25, 0.3) is 0 Å². The second-order valence-corrected chi connectivity index (χ2v) is 5.63. The first kappa shape index (κ1) is 24.1. The molecular formula is C17H29NO6. The molecule has 0 fully saturated rings. The number of hydrogen-bond donors (Lipinski definition) is 1. The van der Waals surface area contributed by atoms with Crippen molar-refractivity contribution in [3.05, 3.63) is 25.3 Å². The van der Waals surface area contributed by atoms with Gasteiger partial charge >= 0.3 is 11.9 Å². The molecule has 0 bridgehead atoms. The van der Waals surface area contributed by atoms with E-state index in [9.17, 15) is 19.5 Å². The SMILES string of the molecule is C=CC(=O)OC(C)CC(CCC)(CC(C)OC(=O)C=C)C(=O)[O-].[NH4+]. The number of hydrogen-bond acceptors (Lipinski definition) is 6. The Labute approximate surface area is 143 Å². The summed E-state index contributed by atoms with van der Waals surface area (Å²) < 4.78 is 10.1. The highest BCUT2D eigenvalue weighted by Crippen LogP contribution is 2.36. The Bertz CT molecular complexity index is 430. The fraction of sp³-hybridized carbons (Fsp3) is 0.588. The van der Waals surface area contributed by atoms with E-state index < -0.39 is 35.5 Å². The van der Waals surface area contributed by atoms with Crippen molar-refractivity contribution < 1.29 is 29.0 Å². The monoisotopic (exact) mass is 343 g/mol. The third kappa shape index (κ3) is 7.92. The summed E-state index contributed by atoms with van der Waals surface area (Å²) in [6.07, 6.45) is 1.83. The minimum absolute atomic E-state index is 0. The first-order valence-corrected chi connectivity index (χ1v) is 7.58. The molecule has 7 nitrogen and oxygen atoms in total. The van der Waals surface area contributed by atoms with Crippen molar-refractivity contribution >= 4 is 17.9 Å². The van der Waals surface area contributed by atoms with Gasteiger partial charge in [0.15, 0.2) is 0 Å². The van der Waals surface area contributed by atoms with Crippen LogP contribution in [0.3, 0.4) is 0 Å². The molecule has 24 heavy (non-hydrogen) atoms. The van der Waals surface area contributed by atoms with Crippen LogP contribution < -0.4 is 11.3 Å². The van der Waals surface area contributed by atoms with E-state index in [1.54, 1.807) is 13.8 Å². The van der Waals surface area contributed by atoms with Crippen LogP contribution in [0.25, 0.3) is 0 Å². The molecule has 138 valence electrons. The molecule has 0 aliphatic rings. The Balaban J connectivity index is 0. The zero-order chi connectivity index (χ0) is 18.0. The molecule has 0 spiro atoms. The van der Waals surface area contributed by atoms with Crippen molar-refractivity contribution in [1.82, 2.24) is 6.15 Å². The maximum atomic E-state index is 11.8. The van der Waals surface area contributed by atoms with Crippen LogP contribution in [0.15, 0.2) is 25.3 Å². The molecule has 0 heterocycles. The molecule has 0 aliphatic heterocycles. The highest BCUT2D eigenvalue weighted by atomic mass is 16.5. The van der Waals surface area contributed by atoms with Gasteiger partial charge in [0.05, 0.1) is 0 Å². The lowest BCUT2D eigenvalue weighted by Crippen LogP contribution is -2.46. The lowest BCUT2D eigenvalue weighted by Gasteiger charge is -2.38. The number of carbonyl (C=O) groups excluding carboxylic acids is 3. The van der Waals surface area contributed by atoms with Gasteiger partial charge in [-0.05, 0) is 33.1 Å². The van der Waals surface area contributed by atoms with Crippen LogP contribution in [0.2, 0.25) is 0 Å². The number of carboxylic acid groups (broad SMARTS) is 1. The van der Waals surface area contributed by atoms with E-state index in [0.29, 0.717) is 12.8 Å². The summed E-state index contributed by atoms with van der Waals surface area (Å²) in [5.41, 5.74) is -1.25. The van der Waals surface area contributed by atoms with E-state index in [0.717, 1.165) is 12.2 Å². The predicted octanol–water partition coefficient (Wildman–Crippen LogP) is 1.91. The molecule has 0 aromatic heterocycles. The molecule has 4 N–H and O–H groups in total. The number of carboxylic acids is 1. The summed E-state index contributed by atoms with van der Waals surface area (Å²) in [5.74, 6) is -2.48. The summed E-state index contributed by atoms with van der Waals surface area (Å²) in [6.45, 7) is 11.7. The number of esters is 2. The quantitative estimate of drug-likeness (QED) is 0.450. The number of carbonyl (C=O) groups is 3. The summed E-state index contributed by atoms with van der Waals surface area (Å²) >= 11 is 0. The Kier molecular flexibility index (Phi) is 11.4. The largest absolute Gasteiger partial charge is 0.550 e. The minimum Gasteiger partial charge on any atom is -0.550 e. The van der Waals surface area contributed by atoms with Crippen LogP contribution in [0, 0.1) is 5.41 Å². The van der Waals surface area contributed by atoms with Crippen molar-refractivity contribution in [3.63, 3.8) is 0 Å². The van der Waals surface area contributed by atoms with Crippen LogP contribution >= 0.6 is 0 Å². The Morgan fingerprint density at radius 1 is 1.04 bits per heavy atom. The standard InChI is InChI=1S/C17H26O6.H3N/c1-6-9-17(16(20)21,10-12(4)22-14(18)7-2)11-13(5)23-15(19)8-3;/h7-8,12-13H,2-3,6,9-11H2,1,4-5H3,(H,20,21);1H3. The lowest BCUT2D eigenvalue weighted by molar-refractivity contribution is -0.322. The van der Waals surface area contributed by atoms with E-state index >= 15 is 0 Å². The molecule has 0 aromatic rings. The van der Waals surface area contributed by atoms with E-state index in [1.165, 1.54) is 0 Å². The zero-order valence-electron chi connectivity index (χ0n) is 15.0. The van der Waals surface area contributed by atoms with Crippen LogP contribution in [-0.2, 0) is 23.9 Å². The first-order chi connectivity index (χ1) is 10.7. The predicted molar refractivity (Wildman–Crippen MR) is 89.1 cm³/mol. The zero-order valence-corrected chi connectivity index (χ0v) is 15.0. The molecule has 2 unspecified atom stereocenters. The van der Waals surface area contributed by atoms with Crippen LogP contribution in [0.5, 0.6) is 0 Å². The number of rotatable bonds is 11. The van der Waals surface area contributed by atoms with Gasteiger partial charge in [0.1, 0.15) is 12.2 Å². The number of ether oxygens (including phenoxy) is 2. The molecule has 0 saturated carbocycles. The Morgan fingerprint density at radius 2 is 1.42 bits per heavy atom. The minimum atomic E-state index is -1.25. The molecular weight excluding hydrogens is 314 g/mol. The van der Waals surface area contributed by atoms with Gasteiger partial charge < -0.3 is 25.5 Å². The third-order valence-electron chi connectivity index (χ3n) is 3.49. The lowest BCUT2D eigenvalue weighted by atomic mass is 9.74. The summed E-state index contributed by atoms with van der Waals surface area (Å²) in [6, 6.07) is 0. The van der Waals surface area contributed by atoms with Gasteiger partial charge in [0, 0.05) is 23.5 Å². The molecule has 0 aromatic carbocycles. The summed E-state index contributed by atoms with van der Waals surface area (Å²) in [5, 5.41) is 11.8. The van der Waals surface area contributed by atoms with Crippen LogP contribution in [0.1, 0.15) is 46.5 Å². The molecule has 7 heteroatoms. The van der Waals surface area contributed by atoms with Crippen molar-refractivity contribution in [2.75, 3.05) is 0 Å². The molecule has 0 saturated heterocycles. The summed E-state index contributed by atoms with van der Waals surface area (Å²) in [7, 11) is 0. The summed E-state index contributed by atoms with van der Waals surface area (Å²) in [4.78, 5) is 34.3. The fourth-order valence-electron chi connectivity index (χ4n) is 2.71. The van der Waals surface area contributed by atoms with E-state index in [-0.39, 0.29) is 19.0 Å². The molecule has 0 radical (unpaired) electrons. The van der Waals surface area contributed by atoms with Crippen molar-refractivity contribution in [2.45, 2.75) is 58.7 Å². The van der Waals surface area contributed by atoms with Crippen molar-refractivity contribution in [2.24, 2.45) is 5.41 Å². The molecule has 0 rings (SSSR count). The van der Waals surface area contributed by atoms with E-state index in [4.69, 9.17) is 9.47 Å². The third-order valence-corrected chi connectivity index (χ3v) is 3.49. The Morgan fingerprint density at radius 3 is 1.67 bits per heavy atom. The second-order valence-electron chi connectivity index (χ2n) is 5.63. The molecule has 2 atom stereocenters. The first-order valence-electron chi connectivity index (χ1n) is 7.58. The van der Waals surface area contributed by atoms with E-state index in [2.05, 4.69) is 13.2 Å². The molecule has 0 aliphatic carbocycles. The highest BCUT2D eigenvalue weighted by molar-refractivity contribution is 5.82. The highest BCUT2D eigenvalue weighted by Gasteiger charge is 2.36. The van der Waals surface area contributed by atoms with Crippen molar-refractivity contribution in [1.29, 1.82) is 0 Å². The van der Waals surface area contributed by atoms with Gasteiger partial charge in [-0.1, -0.05) is 26.5 Å².